The van der Waals surface area contributed by atoms with E-state index in [1.807, 2.05) is 32.0 Å². The van der Waals surface area contributed by atoms with Crippen LogP contribution in [0.3, 0.4) is 0 Å². The zero-order chi connectivity index (χ0) is 13.3. The Hall–Kier alpha value is -2.36. The number of amidine groups is 1. The van der Waals surface area contributed by atoms with Gasteiger partial charge >= 0.3 is 0 Å². The first-order chi connectivity index (χ1) is 8.49. The maximum Gasteiger partial charge on any atom is 0.259 e. The maximum atomic E-state index is 11.8. The average molecular weight is 241 g/mol. The summed E-state index contributed by atoms with van der Waals surface area (Å²) in [7, 11) is 0. The van der Waals surface area contributed by atoms with E-state index in [-0.39, 0.29) is 17.0 Å². The molecule has 0 spiro atoms. The Balaban J connectivity index is 2.59. The van der Waals surface area contributed by atoms with Crippen molar-refractivity contribution in [3.63, 3.8) is 0 Å². The number of aryl methyl sites for hydroxylation is 2. The molecule has 0 aliphatic carbocycles. The molecule has 1 aromatic carbocycles. The molecule has 0 unspecified atom stereocenters. The quantitative estimate of drug-likeness (QED) is 0.554. The van der Waals surface area contributed by atoms with Crippen molar-refractivity contribution in [2.45, 2.75) is 13.8 Å². The Morgan fingerprint density at radius 2 is 1.94 bits per heavy atom. The second kappa shape index (κ2) is 4.49. The summed E-state index contributed by atoms with van der Waals surface area (Å²) in [6.07, 6.45) is 0. The van der Waals surface area contributed by atoms with Gasteiger partial charge in [-0.3, -0.25) is 10.2 Å². The first-order valence-corrected chi connectivity index (χ1v) is 5.64. The van der Waals surface area contributed by atoms with E-state index in [1.54, 1.807) is 12.1 Å². The van der Waals surface area contributed by atoms with Crippen molar-refractivity contribution in [1.82, 2.24) is 4.98 Å². The summed E-state index contributed by atoms with van der Waals surface area (Å²) in [5, 5.41) is 7.29. The molecule has 1 aromatic heterocycles. The predicted octanol–water partition coefficient (Wildman–Crippen LogP) is 1.94. The second-order valence-electron chi connectivity index (χ2n) is 4.35. The molecular formula is C14H15N3O. The van der Waals surface area contributed by atoms with Gasteiger partial charge in [-0.1, -0.05) is 17.7 Å². The van der Waals surface area contributed by atoms with Crippen molar-refractivity contribution in [1.29, 1.82) is 5.41 Å². The van der Waals surface area contributed by atoms with Crippen LogP contribution in [0.4, 0.5) is 0 Å². The van der Waals surface area contributed by atoms with E-state index in [4.69, 9.17) is 11.1 Å². The van der Waals surface area contributed by atoms with E-state index in [0.717, 1.165) is 22.4 Å². The van der Waals surface area contributed by atoms with Crippen molar-refractivity contribution >= 4 is 5.84 Å². The minimum atomic E-state index is -0.332. The summed E-state index contributed by atoms with van der Waals surface area (Å²) in [4.78, 5) is 14.5. The van der Waals surface area contributed by atoms with Gasteiger partial charge in [0.2, 0.25) is 0 Å². The molecule has 0 amide bonds. The Kier molecular flexibility index (Phi) is 3.02. The number of nitrogens with two attached hydrogens (primary N) is 1. The minimum Gasteiger partial charge on any atom is -0.384 e. The normalized spacial score (nSPS) is 10.3. The van der Waals surface area contributed by atoms with Crippen LogP contribution in [0.25, 0.3) is 11.3 Å². The number of rotatable bonds is 2. The molecule has 18 heavy (non-hydrogen) atoms. The number of nitrogen functional groups attached to an aromatic ring is 1. The van der Waals surface area contributed by atoms with Crippen molar-refractivity contribution < 1.29 is 0 Å². The Morgan fingerprint density at radius 3 is 2.56 bits per heavy atom. The van der Waals surface area contributed by atoms with Crippen LogP contribution in [-0.4, -0.2) is 10.8 Å². The molecule has 0 saturated heterocycles. The number of hydrogen-bond acceptors (Lipinski definition) is 2. The molecule has 92 valence electrons. The van der Waals surface area contributed by atoms with Crippen molar-refractivity contribution in [2.24, 2.45) is 5.73 Å². The lowest BCUT2D eigenvalue weighted by Gasteiger charge is -2.08. The van der Waals surface area contributed by atoms with Crippen molar-refractivity contribution in [3.8, 4) is 11.3 Å². The fourth-order valence-electron chi connectivity index (χ4n) is 1.87. The molecule has 0 atom stereocenters. The fourth-order valence-corrected chi connectivity index (χ4v) is 1.87. The van der Waals surface area contributed by atoms with Crippen molar-refractivity contribution in [3.05, 3.63) is 57.4 Å². The van der Waals surface area contributed by atoms with Gasteiger partial charge in [-0.2, -0.15) is 0 Å². The first kappa shape index (κ1) is 12.1. The lowest BCUT2D eigenvalue weighted by Crippen LogP contribution is -2.23. The highest BCUT2D eigenvalue weighted by molar-refractivity contribution is 5.94. The van der Waals surface area contributed by atoms with Gasteiger partial charge in [0, 0.05) is 11.3 Å². The second-order valence-corrected chi connectivity index (χ2v) is 4.35. The van der Waals surface area contributed by atoms with Gasteiger partial charge in [0.05, 0.1) is 5.56 Å². The van der Waals surface area contributed by atoms with E-state index in [1.165, 1.54) is 0 Å². The van der Waals surface area contributed by atoms with Crippen LogP contribution in [0.2, 0.25) is 0 Å². The highest BCUT2D eigenvalue weighted by Gasteiger charge is 2.07. The van der Waals surface area contributed by atoms with Gasteiger partial charge in [-0.25, -0.2) is 0 Å². The largest absolute Gasteiger partial charge is 0.384 e. The van der Waals surface area contributed by atoms with Gasteiger partial charge < -0.3 is 10.7 Å². The van der Waals surface area contributed by atoms with Crippen LogP contribution >= 0.6 is 0 Å². The van der Waals surface area contributed by atoms with E-state index < -0.39 is 0 Å². The predicted molar refractivity (Wildman–Crippen MR) is 73.0 cm³/mol. The number of H-pyrrole nitrogens is 1. The van der Waals surface area contributed by atoms with E-state index in [0.29, 0.717) is 0 Å². The minimum absolute atomic E-state index is 0.198. The first-order valence-electron chi connectivity index (χ1n) is 5.64. The van der Waals surface area contributed by atoms with Crippen LogP contribution < -0.4 is 11.3 Å². The number of aromatic nitrogens is 1. The highest BCUT2D eigenvalue weighted by atomic mass is 16.1. The maximum absolute atomic E-state index is 11.8. The number of benzene rings is 1. The fraction of sp³-hybridized carbons (Fsp3) is 0.143. The number of hydrogen-bond donors (Lipinski definition) is 3. The molecule has 2 rings (SSSR count). The summed E-state index contributed by atoms with van der Waals surface area (Å²) >= 11 is 0. The van der Waals surface area contributed by atoms with E-state index in [2.05, 4.69) is 4.98 Å². The van der Waals surface area contributed by atoms with Gasteiger partial charge in [0.1, 0.15) is 5.84 Å². The summed E-state index contributed by atoms with van der Waals surface area (Å²) in [5.74, 6) is -0.219. The molecule has 0 radical (unpaired) electrons. The van der Waals surface area contributed by atoms with E-state index in [9.17, 15) is 4.79 Å². The van der Waals surface area contributed by atoms with Crippen LogP contribution in [0.1, 0.15) is 16.7 Å². The lowest BCUT2D eigenvalue weighted by atomic mass is 10.0. The number of nitrogens with one attached hydrogen (secondary N) is 2. The monoisotopic (exact) mass is 241 g/mol. The molecule has 0 aliphatic rings. The Morgan fingerprint density at radius 1 is 1.22 bits per heavy atom. The number of pyridine rings is 1. The molecule has 2 aromatic rings. The lowest BCUT2D eigenvalue weighted by molar-refractivity contribution is 1.20. The third-order valence-electron chi connectivity index (χ3n) is 2.88. The molecule has 0 saturated carbocycles. The molecule has 0 bridgehead atoms. The van der Waals surface area contributed by atoms with Gasteiger partial charge in [0.15, 0.2) is 0 Å². The molecule has 0 fully saturated rings. The van der Waals surface area contributed by atoms with Crippen LogP contribution in [0, 0.1) is 19.3 Å². The van der Waals surface area contributed by atoms with Crippen LogP contribution in [0.5, 0.6) is 0 Å². The van der Waals surface area contributed by atoms with Crippen LogP contribution in [0.15, 0.2) is 35.1 Å². The summed E-state index contributed by atoms with van der Waals surface area (Å²) in [6, 6.07) is 9.43. The molecule has 4 heteroatoms. The molecule has 1 heterocycles. The third kappa shape index (κ3) is 2.18. The summed E-state index contributed by atoms with van der Waals surface area (Å²) in [6.45, 7) is 4.00. The molecule has 4 N–H and O–H groups in total. The highest BCUT2D eigenvalue weighted by Crippen LogP contribution is 2.21. The summed E-state index contributed by atoms with van der Waals surface area (Å²) < 4.78 is 0. The van der Waals surface area contributed by atoms with E-state index >= 15 is 0 Å². The molecule has 0 aliphatic heterocycles. The van der Waals surface area contributed by atoms with Crippen LogP contribution in [-0.2, 0) is 0 Å². The third-order valence-corrected chi connectivity index (χ3v) is 2.88. The smallest absolute Gasteiger partial charge is 0.259 e. The zero-order valence-corrected chi connectivity index (χ0v) is 10.4. The SMILES string of the molecule is Cc1ccc(C)c(-c2ccc(C(=N)N)c(=O)[nH]2)c1. The topological polar surface area (TPSA) is 82.7 Å². The van der Waals surface area contributed by atoms with Gasteiger partial charge in [-0.15, -0.1) is 0 Å². The Bertz CT molecular complexity index is 671. The standard InChI is InChI=1S/C14H15N3O/c1-8-3-4-9(2)11(7-8)12-6-5-10(13(15)16)14(18)17-12/h3-7H,1-2H3,(H3,15,16)(H,17,18). The summed E-state index contributed by atoms with van der Waals surface area (Å²) in [5.41, 5.74) is 9.14. The number of aromatic amines is 1. The molecule has 4 nitrogen and oxygen atoms in total. The average Bonchev–Trinajstić information content (AvgIpc) is 2.31. The Labute approximate surface area is 105 Å². The van der Waals surface area contributed by atoms with Gasteiger partial charge in [0.25, 0.3) is 5.56 Å². The van der Waals surface area contributed by atoms with Crippen molar-refractivity contribution in [2.75, 3.05) is 0 Å². The van der Waals surface area contributed by atoms with Gasteiger partial charge in [-0.05, 0) is 37.6 Å². The molecular weight excluding hydrogens is 226 g/mol. The zero-order valence-electron chi connectivity index (χ0n) is 10.4.